The van der Waals surface area contributed by atoms with E-state index in [1.165, 1.54) is 11.3 Å². The van der Waals surface area contributed by atoms with Crippen molar-refractivity contribution in [3.05, 3.63) is 42.0 Å². The van der Waals surface area contributed by atoms with E-state index in [4.69, 9.17) is 5.73 Å². The first-order chi connectivity index (χ1) is 8.19. The van der Waals surface area contributed by atoms with Gasteiger partial charge in [-0.1, -0.05) is 0 Å². The molecule has 0 bridgehead atoms. The second-order valence-corrected chi connectivity index (χ2v) is 4.51. The third-order valence-corrected chi connectivity index (χ3v) is 2.82. The van der Waals surface area contributed by atoms with Crippen LogP contribution in [0.25, 0.3) is 0 Å². The van der Waals surface area contributed by atoms with Crippen molar-refractivity contribution in [3.63, 3.8) is 0 Å². The standard InChI is InChI=1S/C13H20N4/c1-3-17-10-12(8-15-17)9-16-6-4-5-13(16)7-11(2)14/h4-6,8,10-11H,3,7,9,14H2,1-2H3. The van der Waals surface area contributed by atoms with Crippen LogP contribution in [0.4, 0.5) is 0 Å². The molecule has 92 valence electrons. The number of nitrogens with zero attached hydrogens (tertiary/aromatic N) is 3. The molecule has 0 aliphatic rings. The Morgan fingerprint density at radius 3 is 2.94 bits per heavy atom. The van der Waals surface area contributed by atoms with Crippen molar-refractivity contribution < 1.29 is 0 Å². The monoisotopic (exact) mass is 232 g/mol. The molecule has 1 unspecified atom stereocenters. The van der Waals surface area contributed by atoms with Gasteiger partial charge >= 0.3 is 0 Å². The zero-order valence-electron chi connectivity index (χ0n) is 10.5. The molecule has 0 aromatic carbocycles. The van der Waals surface area contributed by atoms with Gasteiger partial charge in [-0.15, -0.1) is 0 Å². The van der Waals surface area contributed by atoms with Crippen LogP contribution in [0.2, 0.25) is 0 Å². The Morgan fingerprint density at radius 2 is 2.29 bits per heavy atom. The number of nitrogens with two attached hydrogens (primary N) is 1. The molecule has 0 spiro atoms. The molecule has 4 nitrogen and oxygen atoms in total. The van der Waals surface area contributed by atoms with Crippen LogP contribution in [-0.4, -0.2) is 20.4 Å². The van der Waals surface area contributed by atoms with Crippen LogP contribution in [0.1, 0.15) is 25.1 Å². The van der Waals surface area contributed by atoms with E-state index in [1.54, 1.807) is 0 Å². The minimum absolute atomic E-state index is 0.196. The van der Waals surface area contributed by atoms with Gasteiger partial charge in [0.1, 0.15) is 0 Å². The van der Waals surface area contributed by atoms with Crippen LogP contribution in [0, 0.1) is 0 Å². The molecular formula is C13H20N4. The molecular weight excluding hydrogens is 212 g/mol. The van der Waals surface area contributed by atoms with Crippen molar-refractivity contribution in [3.8, 4) is 0 Å². The Morgan fingerprint density at radius 1 is 1.47 bits per heavy atom. The number of aryl methyl sites for hydroxylation is 1. The fourth-order valence-electron chi connectivity index (χ4n) is 1.98. The summed E-state index contributed by atoms with van der Waals surface area (Å²) in [5.74, 6) is 0. The van der Waals surface area contributed by atoms with Gasteiger partial charge in [0.2, 0.25) is 0 Å². The zero-order chi connectivity index (χ0) is 12.3. The van der Waals surface area contributed by atoms with E-state index in [1.807, 2.05) is 17.8 Å². The molecule has 0 aliphatic heterocycles. The van der Waals surface area contributed by atoms with E-state index in [-0.39, 0.29) is 6.04 Å². The molecule has 2 heterocycles. The third kappa shape index (κ3) is 2.97. The summed E-state index contributed by atoms with van der Waals surface area (Å²) >= 11 is 0. The molecule has 1 atom stereocenters. The molecule has 2 rings (SSSR count). The largest absolute Gasteiger partial charge is 0.347 e. The molecule has 17 heavy (non-hydrogen) atoms. The molecule has 0 aliphatic carbocycles. The molecule has 4 heteroatoms. The maximum Gasteiger partial charge on any atom is 0.0539 e. The Hall–Kier alpha value is -1.55. The first kappa shape index (κ1) is 11.9. The molecule has 2 aromatic heterocycles. The second-order valence-electron chi connectivity index (χ2n) is 4.51. The van der Waals surface area contributed by atoms with E-state index in [0.29, 0.717) is 0 Å². The highest BCUT2D eigenvalue weighted by Crippen LogP contribution is 2.09. The Balaban J connectivity index is 2.10. The summed E-state index contributed by atoms with van der Waals surface area (Å²) in [5, 5.41) is 4.28. The van der Waals surface area contributed by atoms with Crippen molar-refractivity contribution in [2.45, 2.75) is 39.4 Å². The minimum atomic E-state index is 0.196. The summed E-state index contributed by atoms with van der Waals surface area (Å²) in [7, 11) is 0. The van der Waals surface area contributed by atoms with Gasteiger partial charge in [0.15, 0.2) is 0 Å². The van der Waals surface area contributed by atoms with Gasteiger partial charge in [0.25, 0.3) is 0 Å². The van der Waals surface area contributed by atoms with Gasteiger partial charge in [-0.25, -0.2) is 0 Å². The highest BCUT2D eigenvalue weighted by molar-refractivity contribution is 5.13. The molecule has 2 aromatic rings. The molecule has 0 saturated heterocycles. The molecule has 0 fully saturated rings. The van der Waals surface area contributed by atoms with Gasteiger partial charge in [0.05, 0.1) is 12.7 Å². The third-order valence-electron chi connectivity index (χ3n) is 2.82. The van der Waals surface area contributed by atoms with E-state index < -0.39 is 0 Å². The Bertz CT molecular complexity index is 467. The highest BCUT2D eigenvalue weighted by Gasteiger charge is 2.05. The van der Waals surface area contributed by atoms with Gasteiger partial charge in [-0.05, 0) is 26.0 Å². The van der Waals surface area contributed by atoms with E-state index in [2.05, 4.69) is 41.1 Å². The molecule has 0 saturated carbocycles. The van der Waals surface area contributed by atoms with Crippen molar-refractivity contribution in [1.82, 2.24) is 14.3 Å². The number of hydrogen-bond acceptors (Lipinski definition) is 2. The lowest BCUT2D eigenvalue weighted by atomic mass is 10.2. The van der Waals surface area contributed by atoms with Crippen LogP contribution in [0.5, 0.6) is 0 Å². The molecule has 2 N–H and O–H groups in total. The lowest BCUT2D eigenvalue weighted by Gasteiger charge is -2.10. The van der Waals surface area contributed by atoms with E-state index >= 15 is 0 Å². The predicted molar refractivity (Wildman–Crippen MR) is 68.8 cm³/mol. The maximum atomic E-state index is 5.84. The van der Waals surface area contributed by atoms with Gasteiger partial charge in [-0.3, -0.25) is 4.68 Å². The summed E-state index contributed by atoms with van der Waals surface area (Å²) in [6, 6.07) is 4.40. The maximum absolute atomic E-state index is 5.84. The van der Waals surface area contributed by atoms with Gasteiger partial charge in [0, 0.05) is 42.7 Å². The van der Waals surface area contributed by atoms with Crippen molar-refractivity contribution in [2.75, 3.05) is 0 Å². The lowest BCUT2D eigenvalue weighted by molar-refractivity contribution is 0.653. The van der Waals surface area contributed by atoms with Gasteiger partial charge in [-0.2, -0.15) is 5.10 Å². The summed E-state index contributed by atoms with van der Waals surface area (Å²) in [4.78, 5) is 0. The van der Waals surface area contributed by atoms with E-state index in [9.17, 15) is 0 Å². The zero-order valence-corrected chi connectivity index (χ0v) is 10.5. The van der Waals surface area contributed by atoms with Crippen molar-refractivity contribution in [1.29, 1.82) is 0 Å². The summed E-state index contributed by atoms with van der Waals surface area (Å²) in [6.45, 7) is 5.91. The molecule has 0 amide bonds. The number of hydrogen-bond donors (Lipinski definition) is 1. The average Bonchev–Trinajstić information content (AvgIpc) is 2.89. The normalized spacial score (nSPS) is 12.9. The topological polar surface area (TPSA) is 48.8 Å². The summed E-state index contributed by atoms with van der Waals surface area (Å²) < 4.78 is 4.18. The first-order valence-electron chi connectivity index (χ1n) is 6.10. The fourth-order valence-corrected chi connectivity index (χ4v) is 1.98. The van der Waals surface area contributed by atoms with Crippen molar-refractivity contribution in [2.24, 2.45) is 5.73 Å². The SMILES string of the molecule is CCn1cc(Cn2cccc2CC(C)N)cn1. The van der Waals surface area contributed by atoms with Crippen LogP contribution < -0.4 is 5.73 Å². The fraction of sp³-hybridized carbons (Fsp3) is 0.462. The second kappa shape index (κ2) is 5.19. The average molecular weight is 232 g/mol. The summed E-state index contributed by atoms with van der Waals surface area (Å²) in [5.41, 5.74) is 8.35. The molecule has 0 radical (unpaired) electrons. The van der Waals surface area contributed by atoms with Crippen LogP contribution in [0.3, 0.4) is 0 Å². The number of aromatic nitrogens is 3. The minimum Gasteiger partial charge on any atom is -0.347 e. The van der Waals surface area contributed by atoms with Crippen LogP contribution in [0.15, 0.2) is 30.7 Å². The quantitative estimate of drug-likeness (QED) is 0.852. The van der Waals surface area contributed by atoms with Gasteiger partial charge < -0.3 is 10.3 Å². The Kier molecular flexibility index (Phi) is 3.64. The van der Waals surface area contributed by atoms with Crippen LogP contribution in [-0.2, 0) is 19.5 Å². The predicted octanol–water partition coefficient (Wildman–Crippen LogP) is 1.64. The first-order valence-corrected chi connectivity index (χ1v) is 6.10. The lowest BCUT2D eigenvalue weighted by Crippen LogP contribution is -2.20. The highest BCUT2D eigenvalue weighted by atomic mass is 15.3. The number of rotatable bonds is 5. The van der Waals surface area contributed by atoms with E-state index in [0.717, 1.165) is 19.5 Å². The smallest absolute Gasteiger partial charge is 0.0539 e. The Labute approximate surface area is 102 Å². The summed E-state index contributed by atoms with van der Waals surface area (Å²) in [6.07, 6.45) is 7.03. The van der Waals surface area contributed by atoms with Crippen LogP contribution >= 0.6 is 0 Å². The van der Waals surface area contributed by atoms with Crippen molar-refractivity contribution >= 4 is 0 Å².